The number of amides is 3. The average Bonchev–Trinajstić information content (AvgIpc) is 2.44. The molecule has 0 spiro atoms. The van der Waals surface area contributed by atoms with Gasteiger partial charge in [-0.05, 0) is 33.6 Å². The molecule has 0 aromatic rings. The molecule has 0 saturated heterocycles. The molecule has 0 aliphatic carbocycles. The van der Waals surface area contributed by atoms with E-state index < -0.39 is 17.7 Å². The zero-order valence-corrected chi connectivity index (χ0v) is 14.6. The van der Waals surface area contributed by atoms with E-state index in [2.05, 4.69) is 5.32 Å². The van der Waals surface area contributed by atoms with E-state index >= 15 is 0 Å². The molecular weight excluding hydrogens is 298 g/mol. The molecule has 0 fully saturated rings. The molecular formula is C16H27N3O4. The quantitative estimate of drug-likeness (QED) is 0.849. The predicted molar refractivity (Wildman–Crippen MR) is 86.6 cm³/mol. The summed E-state index contributed by atoms with van der Waals surface area (Å²) in [6, 6.07) is -0.572. The van der Waals surface area contributed by atoms with Gasteiger partial charge in [0.05, 0.1) is 0 Å². The van der Waals surface area contributed by atoms with Gasteiger partial charge in [0, 0.05) is 33.3 Å². The number of nitrogens with one attached hydrogen (secondary N) is 1. The van der Waals surface area contributed by atoms with Crippen molar-refractivity contribution in [2.75, 3.05) is 20.1 Å². The summed E-state index contributed by atoms with van der Waals surface area (Å²) < 4.78 is 5.36. The first kappa shape index (κ1) is 19.0. The molecule has 1 aliphatic rings. The second kappa shape index (κ2) is 7.99. The van der Waals surface area contributed by atoms with Crippen LogP contribution in [0.2, 0.25) is 0 Å². The molecule has 130 valence electrons. The van der Waals surface area contributed by atoms with E-state index in [0.717, 1.165) is 6.42 Å². The van der Waals surface area contributed by atoms with Crippen LogP contribution in [0.25, 0.3) is 0 Å². The lowest BCUT2D eigenvalue weighted by Crippen LogP contribution is -2.51. The van der Waals surface area contributed by atoms with Crippen molar-refractivity contribution in [3.63, 3.8) is 0 Å². The maximum absolute atomic E-state index is 12.6. The van der Waals surface area contributed by atoms with Crippen molar-refractivity contribution in [1.82, 2.24) is 15.1 Å². The van der Waals surface area contributed by atoms with Crippen LogP contribution in [0, 0.1) is 0 Å². The van der Waals surface area contributed by atoms with Crippen LogP contribution in [0.4, 0.5) is 4.79 Å². The Kier molecular flexibility index (Phi) is 6.60. The van der Waals surface area contributed by atoms with E-state index in [4.69, 9.17) is 4.74 Å². The van der Waals surface area contributed by atoms with Gasteiger partial charge in [0.1, 0.15) is 11.6 Å². The Balaban J connectivity index is 2.70. The Bertz CT molecular complexity index is 482. The monoisotopic (exact) mass is 325 g/mol. The fourth-order valence-corrected chi connectivity index (χ4v) is 2.19. The average molecular weight is 325 g/mol. The number of nitrogens with zero attached hydrogens (tertiary/aromatic N) is 2. The highest BCUT2D eigenvalue weighted by Crippen LogP contribution is 2.20. The molecule has 0 saturated carbocycles. The highest BCUT2D eigenvalue weighted by molar-refractivity contribution is 5.86. The molecule has 0 aromatic heterocycles. The van der Waals surface area contributed by atoms with Crippen molar-refractivity contribution in [2.45, 2.75) is 52.2 Å². The van der Waals surface area contributed by atoms with Crippen molar-refractivity contribution < 1.29 is 19.1 Å². The second-order valence-corrected chi connectivity index (χ2v) is 6.61. The summed E-state index contributed by atoms with van der Waals surface area (Å²) in [6.07, 6.45) is 4.23. The van der Waals surface area contributed by atoms with Gasteiger partial charge >= 0.3 is 6.09 Å². The highest BCUT2D eigenvalue weighted by atomic mass is 16.6. The number of hydrogen-bond acceptors (Lipinski definition) is 4. The highest BCUT2D eigenvalue weighted by Gasteiger charge is 2.34. The van der Waals surface area contributed by atoms with Crippen LogP contribution in [0.1, 0.15) is 40.5 Å². The number of allylic oxidation sites excluding steroid dienone is 1. The molecule has 7 nitrogen and oxygen atoms in total. The summed E-state index contributed by atoms with van der Waals surface area (Å²) in [5, 5.41) is 2.65. The van der Waals surface area contributed by atoms with Crippen LogP contribution in [-0.4, -0.2) is 59.5 Å². The summed E-state index contributed by atoms with van der Waals surface area (Å²) >= 11 is 0. The third kappa shape index (κ3) is 6.30. The molecule has 23 heavy (non-hydrogen) atoms. The molecule has 0 bridgehead atoms. The largest absolute Gasteiger partial charge is 0.443 e. The molecule has 1 N–H and O–H groups in total. The van der Waals surface area contributed by atoms with E-state index in [1.165, 1.54) is 16.7 Å². The Morgan fingerprint density at radius 2 is 2.00 bits per heavy atom. The molecule has 3 amide bonds. The molecule has 1 heterocycles. The second-order valence-electron chi connectivity index (χ2n) is 6.61. The summed E-state index contributed by atoms with van der Waals surface area (Å²) in [5.41, 5.74) is -0.618. The van der Waals surface area contributed by atoms with Gasteiger partial charge in [-0.1, -0.05) is 6.08 Å². The number of carbonyl (C=O) groups is 3. The lowest BCUT2D eigenvalue weighted by atomic mass is 10.1. The number of hydrogen-bond donors (Lipinski definition) is 1. The SMILES string of the molecule is CC(=O)NCCN(C)C(=O)C1CCC=CN1C(=O)OC(C)(C)C. The van der Waals surface area contributed by atoms with Gasteiger partial charge in [0.25, 0.3) is 0 Å². The number of carbonyl (C=O) groups excluding carboxylic acids is 3. The van der Waals surface area contributed by atoms with Crippen LogP contribution in [0.15, 0.2) is 12.3 Å². The van der Waals surface area contributed by atoms with Crippen molar-refractivity contribution in [2.24, 2.45) is 0 Å². The third-order valence-corrected chi connectivity index (χ3v) is 3.30. The first-order valence-electron chi connectivity index (χ1n) is 7.79. The first-order chi connectivity index (χ1) is 10.6. The molecule has 0 radical (unpaired) electrons. The van der Waals surface area contributed by atoms with Crippen molar-refractivity contribution in [3.8, 4) is 0 Å². The molecule has 1 unspecified atom stereocenters. The summed E-state index contributed by atoms with van der Waals surface area (Å²) in [7, 11) is 1.66. The fraction of sp³-hybridized carbons (Fsp3) is 0.688. The molecule has 0 aromatic carbocycles. The van der Waals surface area contributed by atoms with Crippen molar-refractivity contribution in [3.05, 3.63) is 12.3 Å². The predicted octanol–water partition coefficient (Wildman–Crippen LogP) is 1.49. The summed E-state index contributed by atoms with van der Waals surface area (Å²) in [4.78, 5) is 38.6. The summed E-state index contributed by atoms with van der Waals surface area (Å²) in [5.74, 6) is -0.299. The lowest BCUT2D eigenvalue weighted by molar-refractivity contribution is -0.135. The van der Waals surface area contributed by atoms with Gasteiger partial charge in [0.2, 0.25) is 11.8 Å². The Labute approximate surface area is 137 Å². The smallest absolute Gasteiger partial charge is 0.415 e. The van der Waals surface area contributed by atoms with Gasteiger partial charge < -0.3 is 15.0 Å². The molecule has 7 heteroatoms. The minimum atomic E-state index is -0.618. The zero-order chi connectivity index (χ0) is 17.6. The standard InChI is InChI=1S/C16H27N3O4/c1-12(20)17-9-11-18(5)14(21)13-8-6-7-10-19(13)15(22)23-16(2,3)4/h7,10,13H,6,8-9,11H2,1-5H3,(H,17,20). The third-order valence-electron chi connectivity index (χ3n) is 3.30. The maximum atomic E-state index is 12.6. The molecule has 1 atom stereocenters. The van der Waals surface area contributed by atoms with E-state index in [1.807, 2.05) is 6.08 Å². The maximum Gasteiger partial charge on any atom is 0.415 e. The lowest BCUT2D eigenvalue weighted by Gasteiger charge is -2.34. The Hall–Kier alpha value is -2.05. The van der Waals surface area contributed by atoms with Crippen LogP contribution < -0.4 is 5.32 Å². The van der Waals surface area contributed by atoms with E-state index in [1.54, 1.807) is 34.0 Å². The van der Waals surface area contributed by atoms with Crippen LogP contribution >= 0.6 is 0 Å². The number of likely N-dealkylation sites (N-methyl/N-ethyl adjacent to an activating group) is 1. The van der Waals surface area contributed by atoms with Crippen LogP contribution in [0.3, 0.4) is 0 Å². The summed E-state index contributed by atoms with van der Waals surface area (Å²) in [6.45, 7) is 7.56. The minimum absolute atomic E-state index is 0.137. The van der Waals surface area contributed by atoms with Crippen molar-refractivity contribution >= 4 is 17.9 Å². The number of rotatable bonds is 4. The Morgan fingerprint density at radius 3 is 2.57 bits per heavy atom. The van der Waals surface area contributed by atoms with Crippen molar-refractivity contribution in [1.29, 1.82) is 0 Å². The molecule has 1 aliphatic heterocycles. The molecule has 1 rings (SSSR count). The van der Waals surface area contributed by atoms with Gasteiger partial charge in [-0.15, -0.1) is 0 Å². The minimum Gasteiger partial charge on any atom is -0.443 e. The van der Waals surface area contributed by atoms with Gasteiger partial charge in [-0.3, -0.25) is 14.5 Å². The van der Waals surface area contributed by atoms with Crippen LogP contribution in [0.5, 0.6) is 0 Å². The fourth-order valence-electron chi connectivity index (χ4n) is 2.19. The van der Waals surface area contributed by atoms with E-state index in [-0.39, 0.29) is 11.8 Å². The van der Waals surface area contributed by atoms with E-state index in [9.17, 15) is 14.4 Å². The first-order valence-corrected chi connectivity index (χ1v) is 7.79. The topological polar surface area (TPSA) is 79.0 Å². The van der Waals surface area contributed by atoms with E-state index in [0.29, 0.717) is 19.5 Å². The Morgan fingerprint density at radius 1 is 1.35 bits per heavy atom. The normalized spacial score (nSPS) is 17.6. The zero-order valence-electron chi connectivity index (χ0n) is 14.6. The number of ether oxygens (including phenoxy) is 1. The van der Waals surface area contributed by atoms with Crippen LogP contribution in [-0.2, 0) is 14.3 Å². The van der Waals surface area contributed by atoms with Gasteiger partial charge in [-0.25, -0.2) is 4.79 Å². The van der Waals surface area contributed by atoms with Gasteiger partial charge in [-0.2, -0.15) is 0 Å². The van der Waals surface area contributed by atoms with Gasteiger partial charge in [0.15, 0.2) is 0 Å².